The van der Waals surface area contributed by atoms with Gasteiger partial charge in [-0.2, -0.15) is 0 Å². The summed E-state index contributed by atoms with van der Waals surface area (Å²) in [4.78, 5) is 28.2. The summed E-state index contributed by atoms with van der Waals surface area (Å²) in [5.74, 6) is 1.68. The van der Waals surface area contributed by atoms with E-state index in [1.54, 1.807) is 19.4 Å². The Balaban J connectivity index is 1.55. The van der Waals surface area contributed by atoms with Crippen LogP contribution in [0.15, 0.2) is 34.8 Å². The minimum absolute atomic E-state index is 0.0775. The van der Waals surface area contributed by atoms with Crippen LogP contribution in [-0.2, 0) is 27.3 Å². The Morgan fingerprint density at radius 3 is 2.59 bits per heavy atom. The number of rotatable bonds is 12. The quantitative estimate of drug-likeness (QED) is 0.290. The van der Waals surface area contributed by atoms with Crippen molar-refractivity contribution in [2.24, 2.45) is 0 Å². The van der Waals surface area contributed by atoms with Gasteiger partial charge in [0.2, 0.25) is 5.91 Å². The zero-order valence-corrected chi connectivity index (χ0v) is 21.1. The van der Waals surface area contributed by atoms with Gasteiger partial charge in [-0.3, -0.25) is 9.59 Å². The molecule has 1 unspecified atom stereocenters. The first-order valence-electron chi connectivity index (χ1n) is 10.7. The molecule has 0 spiro atoms. The van der Waals surface area contributed by atoms with Gasteiger partial charge in [-0.05, 0) is 45.0 Å². The summed E-state index contributed by atoms with van der Waals surface area (Å²) in [6.07, 6.45) is -0.258. The van der Waals surface area contributed by atoms with Gasteiger partial charge in [0.1, 0.15) is 11.5 Å². The predicted molar refractivity (Wildman–Crippen MR) is 130 cm³/mol. The summed E-state index contributed by atoms with van der Waals surface area (Å²) in [6, 6.07) is 7.32. The second kappa shape index (κ2) is 12.4. The van der Waals surface area contributed by atoms with Crippen LogP contribution in [0.2, 0.25) is 0 Å². The number of carbonyl (C=O) groups excluding carboxylic acids is 2. The molecule has 10 nitrogen and oxygen atoms in total. The van der Waals surface area contributed by atoms with Crippen LogP contribution in [0.5, 0.6) is 11.5 Å². The fourth-order valence-corrected chi connectivity index (χ4v) is 4.54. The monoisotopic (exact) mass is 505 g/mol. The van der Waals surface area contributed by atoms with Gasteiger partial charge in [-0.15, -0.1) is 21.5 Å². The van der Waals surface area contributed by atoms with Crippen LogP contribution in [0.4, 0.5) is 5.13 Å². The van der Waals surface area contributed by atoms with Crippen LogP contribution < -0.4 is 14.8 Å². The molecule has 0 bridgehead atoms. The molecule has 0 saturated heterocycles. The molecule has 3 rings (SSSR count). The number of ether oxygens (including phenoxy) is 3. The molecular weight excluding hydrogens is 478 g/mol. The van der Waals surface area contributed by atoms with Crippen LogP contribution in [0.25, 0.3) is 0 Å². The van der Waals surface area contributed by atoms with Crippen molar-refractivity contribution in [3.05, 3.63) is 41.2 Å². The number of nitrogens with zero attached hydrogens (tertiary/aromatic N) is 4. The highest BCUT2D eigenvalue weighted by molar-refractivity contribution is 7.99. The van der Waals surface area contributed by atoms with Crippen molar-refractivity contribution in [2.45, 2.75) is 45.0 Å². The van der Waals surface area contributed by atoms with Gasteiger partial charge in [0.15, 0.2) is 22.2 Å². The molecule has 1 N–H and O–H groups in total. The predicted octanol–water partition coefficient (Wildman–Crippen LogP) is 3.74. The maximum absolute atomic E-state index is 12.4. The minimum atomic E-state index is -0.346. The molecule has 182 valence electrons. The number of hydrogen-bond donors (Lipinski definition) is 1. The first-order chi connectivity index (χ1) is 16.4. The Morgan fingerprint density at radius 1 is 1.18 bits per heavy atom. The van der Waals surface area contributed by atoms with Crippen LogP contribution in [0.1, 0.15) is 38.4 Å². The van der Waals surface area contributed by atoms with E-state index in [9.17, 15) is 9.59 Å². The minimum Gasteiger partial charge on any atom is -0.497 e. The summed E-state index contributed by atoms with van der Waals surface area (Å²) < 4.78 is 18.0. The molecule has 2 aromatic heterocycles. The lowest BCUT2D eigenvalue weighted by molar-refractivity contribution is -0.142. The fraction of sp³-hybridized carbons (Fsp3) is 0.409. The summed E-state index contributed by atoms with van der Waals surface area (Å²) in [5.41, 5.74) is 0.563. The average molecular weight is 506 g/mol. The number of anilines is 1. The summed E-state index contributed by atoms with van der Waals surface area (Å²) in [5, 5.41) is 14.1. The van der Waals surface area contributed by atoms with E-state index in [1.165, 1.54) is 23.1 Å². The number of hydrogen-bond acceptors (Lipinski definition) is 10. The number of methoxy groups -OCH3 is 1. The topological polar surface area (TPSA) is 117 Å². The summed E-state index contributed by atoms with van der Waals surface area (Å²) >= 11 is 2.54. The van der Waals surface area contributed by atoms with Gasteiger partial charge in [0, 0.05) is 11.9 Å². The van der Waals surface area contributed by atoms with Crippen molar-refractivity contribution in [2.75, 3.05) is 24.8 Å². The van der Waals surface area contributed by atoms with Crippen molar-refractivity contribution in [1.29, 1.82) is 0 Å². The number of carbonyl (C=O) groups is 2. The number of nitrogens with one attached hydrogen (secondary N) is 1. The molecule has 2 heterocycles. The zero-order chi connectivity index (χ0) is 24.5. The highest BCUT2D eigenvalue weighted by atomic mass is 32.2. The third-order valence-electron chi connectivity index (χ3n) is 4.56. The maximum atomic E-state index is 12.4. The van der Waals surface area contributed by atoms with E-state index in [1.807, 2.05) is 42.7 Å². The standard InChI is InChI=1S/C22H27N5O5S2/c1-5-27-20(14(3)32-17-9-7-16(30-4)8-10-17)25-26-22(27)34-13-18(28)24-21-23-15(12-33-21)11-19(29)31-6-2/h7-10,12,14H,5-6,11,13H2,1-4H3,(H,23,24,28). The molecule has 0 aliphatic carbocycles. The van der Waals surface area contributed by atoms with E-state index >= 15 is 0 Å². The molecule has 0 saturated carbocycles. The van der Waals surface area contributed by atoms with Crippen molar-refractivity contribution in [3.63, 3.8) is 0 Å². The Hall–Kier alpha value is -3.12. The van der Waals surface area contributed by atoms with Crippen molar-refractivity contribution in [3.8, 4) is 11.5 Å². The maximum Gasteiger partial charge on any atom is 0.311 e. The molecular formula is C22H27N5O5S2. The van der Waals surface area contributed by atoms with Crippen LogP contribution in [0, 0.1) is 0 Å². The molecule has 0 fully saturated rings. The number of esters is 1. The third kappa shape index (κ3) is 6.94. The van der Waals surface area contributed by atoms with Crippen molar-refractivity contribution < 1.29 is 23.8 Å². The number of benzene rings is 1. The average Bonchev–Trinajstić information content (AvgIpc) is 3.44. The summed E-state index contributed by atoms with van der Waals surface area (Å²) in [6.45, 7) is 6.58. The number of amides is 1. The molecule has 1 aromatic carbocycles. The lowest BCUT2D eigenvalue weighted by Crippen LogP contribution is -2.15. The second-order valence-electron chi connectivity index (χ2n) is 6.98. The van der Waals surface area contributed by atoms with E-state index in [-0.39, 0.29) is 30.2 Å². The molecule has 12 heteroatoms. The third-order valence-corrected chi connectivity index (χ3v) is 6.33. The molecule has 1 atom stereocenters. The lowest BCUT2D eigenvalue weighted by Gasteiger charge is -2.15. The van der Waals surface area contributed by atoms with Crippen LogP contribution in [-0.4, -0.2) is 51.1 Å². The molecule has 0 aliphatic rings. The van der Waals surface area contributed by atoms with Crippen molar-refractivity contribution >= 4 is 40.1 Å². The smallest absolute Gasteiger partial charge is 0.311 e. The second-order valence-corrected chi connectivity index (χ2v) is 8.78. The van der Waals surface area contributed by atoms with E-state index in [0.717, 1.165) is 5.75 Å². The van der Waals surface area contributed by atoms with Gasteiger partial charge >= 0.3 is 5.97 Å². The first kappa shape index (κ1) is 25.5. The normalized spacial score (nSPS) is 11.6. The van der Waals surface area contributed by atoms with Crippen LogP contribution in [0.3, 0.4) is 0 Å². The Bertz CT molecular complexity index is 1100. The Labute approximate surface area is 206 Å². The Kier molecular flexibility index (Phi) is 9.28. The van der Waals surface area contributed by atoms with Gasteiger partial charge in [-0.25, -0.2) is 4.98 Å². The molecule has 3 aromatic rings. The lowest BCUT2D eigenvalue weighted by atomic mass is 10.3. The molecule has 0 aliphatic heterocycles. The van der Waals surface area contributed by atoms with Crippen molar-refractivity contribution in [1.82, 2.24) is 19.7 Å². The molecule has 0 radical (unpaired) electrons. The number of aromatic nitrogens is 4. The SMILES string of the molecule is CCOC(=O)Cc1csc(NC(=O)CSc2nnc(C(C)Oc3ccc(OC)cc3)n2CC)n1. The summed E-state index contributed by atoms with van der Waals surface area (Å²) in [7, 11) is 1.61. The van der Waals surface area contributed by atoms with Gasteiger partial charge in [-0.1, -0.05) is 11.8 Å². The van der Waals surface area contributed by atoms with E-state index in [2.05, 4.69) is 20.5 Å². The molecule has 34 heavy (non-hydrogen) atoms. The molecule has 1 amide bonds. The van der Waals surface area contributed by atoms with E-state index in [0.29, 0.717) is 40.7 Å². The zero-order valence-electron chi connectivity index (χ0n) is 19.4. The largest absolute Gasteiger partial charge is 0.497 e. The van der Waals surface area contributed by atoms with E-state index in [4.69, 9.17) is 14.2 Å². The number of thioether (sulfide) groups is 1. The van der Waals surface area contributed by atoms with Crippen LogP contribution >= 0.6 is 23.1 Å². The number of thiazole rings is 1. The van der Waals surface area contributed by atoms with Gasteiger partial charge in [0.25, 0.3) is 0 Å². The fourth-order valence-electron chi connectivity index (χ4n) is 3.01. The Morgan fingerprint density at radius 2 is 1.91 bits per heavy atom. The van der Waals surface area contributed by atoms with Gasteiger partial charge < -0.3 is 24.1 Å². The highest BCUT2D eigenvalue weighted by Gasteiger charge is 2.20. The van der Waals surface area contributed by atoms with E-state index < -0.39 is 0 Å². The van der Waals surface area contributed by atoms with Gasteiger partial charge in [0.05, 0.1) is 31.6 Å². The highest BCUT2D eigenvalue weighted by Crippen LogP contribution is 2.26. The first-order valence-corrected chi connectivity index (χ1v) is 12.6.